The van der Waals surface area contributed by atoms with Crippen LogP contribution in [0.1, 0.15) is 34.3 Å². The smallest absolute Gasteiger partial charge is 0.337 e. The molecule has 160 valence electrons. The number of esters is 1. The number of sulfone groups is 1. The lowest BCUT2D eigenvalue weighted by molar-refractivity contribution is 0.0600. The summed E-state index contributed by atoms with van der Waals surface area (Å²) in [6.07, 6.45) is 2.44. The van der Waals surface area contributed by atoms with Gasteiger partial charge in [-0.2, -0.15) is 0 Å². The number of benzene rings is 2. The van der Waals surface area contributed by atoms with Crippen LogP contribution in [0.3, 0.4) is 0 Å². The topological polar surface area (TPSA) is 93.7 Å². The number of methoxy groups -OCH3 is 1. The van der Waals surface area contributed by atoms with E-state index in [9.17, 15) is 13.2 Å². The second kappa shape index (κ2) is 8.09. The van der Waals surface area contributed by atoms with Crippen LogP contribution in [0, 0.1) is 6.92 Å². The summed E-state index contributed by atoms with van der Waals surface area (Å²) in [7, 11) is -2.52. The molecule has 2 aromatic carbocycles. The number of hydrogen-bond donors (Lipinski definition) is 2. The van der Waals surface area contributed by atoms with E-state index in [1.165, 1.54) is 26.0 Å². The number of ether oxygens (including phenoxy) is 2. The van der Waals surface area contributed by atoms with Crippen LogP contribution in [-0.4, -0.2) is 40.6 Å². The Bertz CT molecular complexity index is 1110. The predicted molar refractivity (Wildman–Crippen MR) is 114 cm³/mol. The molecule has 9 heteroatoms. The van der Waals surface area contributed by atoms with Crippen LogP contribution in [0.4, 0.5) is 5.69 Å². The van der Waals surface area contributed by atoms with E-state index in [4.69, 9.17) is 21.1 Å². The third-order valence-electron chi connectivity index (χ3n) is 5.13. The van der Waals surface area contributed by atoms with Crippen LogP contribution in [-0.2, 0) is 20.3 Å². The molecule has 1 aliphatic heterocycles. The fourth-order valence-electron chi connectivity index (χ4n) is 3.47. The fraction of sp³-hybridized carbons (Fsp3) is 0.381. The highest BCUT2D eigenvalue weighted by molar-refractivity contribution is 7.90. The van der Waals surface area contributed by atoms with Crippen LogP contribution in [0.15, 0.2) is 29.2 Å². The summed E-state index contributed by atoms with van der Waals surface area (Å²) in [5.41, 5.74) is 1.86. The van der Waals surface area contributed by atoms with Crippen molar-refractivity contribution in [2.24, 2.45) is 0 Å². The molecule has 1 aliphatic carbocycles. The van der Waals surface area contributed by atoms with Gasteiger partial charge in [-0.15, -0.1) is 0 Å². The summed E-state index contributed by atoms with van der Waals surface area (Å²) >= 11 is 6.46. The van der Waals surface area contributed by atoms with Gasteiger partial charge in [-0.1, -0.05) is 11.6 Å². The van der Waals surface area contributed by atoms with E-state index in [2.05, 4.69) is 10.6 Å². The van der Waals surface area contributed by atoms with Crippen molar-refractivity contribution in [1.29, 1.82) is 0 Å². The van der Waals surface area contributed by atoms with E-state index in [1.807, 2.05) is 0 Å². The van der Waals surface area contributed by atoms with Gasteiger partial charge >= 0.3 is 5.97 Å². The standard InChI is InChI=1S/C21H23ClN2O5S/c1-12-7-13(21(25)28-2)9-18-19(12)29-20-14(11-30(18,26)27)8-16(10-17(20)22)24-6-5-23-15-3-4-15/h7-10,15,23-24H,3-6,11H2,1-2H3. The largest absolute Gasteiger partial charge is 0.465 e. The molecular weight excluding hydrogens is 428 g/mol. The van der Waals surface area contributed by atoms with Gasteiger partial charge < -0.3 is 20.1 Å². The van der Waals surface area contributed by atoms with Crippen molar-refractivity contribution in [2.75, 3.05) is 25.5 Å². The quantitative estimate of drug-likeness (QED) is 0.512. The molecule has 0 aromatic heterocycles. The first kappa shape index (κ1) is 21.0. The Morgan fingerprint density at radius 3 is 2.67 bits per heavy atom. The molecule has 0 spiro atoms. The number of nitrogens with one attached hydrogen (secondary N) is 2. The Morgan fingerprint density at radius 1 is 1.20 bits per heavy atom. The predicted octanol–water partition coefficient (Wildman–Crippen LogP) is 3.68. The number of fused-ring (bicyclic) bond motifs is 2. The highest BCUT2D eigenvalue weighted by Crippen LogP contribution is 2.44. The molecule has 0 amide bonds. The van der Waals surface area contributed by atoms with E-state index in [1.54, 1.807) is 25.1 Å². The number of halogens is 1. The van der Waals surface area contributed by atoms with Crippen LogP contribution in [0.25, 0.3) is 0 Å². The first-order valence-corrected chi connectivity index (χ1v) is 11.7. The maximum atomic E-state index is 13.1. The van der Waals surface area contributed by atoms with Crippen molar-refractivity contribution in [3.63, 3.8) is 0 Å². The van der Waals surface area contributed by atoms with E-state index >= 15 is 0 Å². The lowest BCUT2D eigenvalue weighted by atomic mass is 10.1. The second-order valence-electron chi connectivity index (χ2n) is 7.57. The molecule has 0 unspecified atom stereocenters. The summed E-state index contributed by atoms with van der Waals surface area (Å²) in [6.45, 7) is 3.19. The Hall–Kier alpha value is -2.29. The molecule has 4 rings (SSSR count). The average Bonchev–Trinajstić information content (AvgIpc) is 3.52. The van der Waals surface area contributed by atoms with Gasteiger partial charge in [-0.3, -0.25) is 0 Å². The number of carbonyl (C=O) groups is 1. The Morgan fingerprint density at radius 2 is 1.97 bits per heavy atom. The first-order valence-electron chi connectivity index (χ1n) is 9.72. The Labute approximate surface area is 180 Å². The number of hydrogen-bond acceptors (Lipinski definition) is 7. The van der Waals surface area contributed by atoms with Crippen LogP contribution >= 0.6 is 11.6 Å². The molecule has 0 radical (unpaired) electrons. The lowest BCUT2D eigenvalue weighted by Gasteiger charge is -2.15. The number of aryl methyl sites for hydroxylation is 1. The molecule has 0 bridgehead atoms. The monoisotopic (exact) mass is 450 g/mol. The van der Waals surface area contributed by atoms with Gasteiger partial charge in [0.15, 0.2) is 9.84 Å². The minimum Gasteiger partial charge on any atom is -0.465 e. The summed E-state index contributed by atoms with van der Waals surface area (Å²) in [4.78, 5) is 11.9. The van der Waals surface area contributed by atoms with E-state index in [0.29, 0.717) is 34.5 Å². The minimum atomic E-state index is -3.77. The van der Waals surface area contributed by atoms with Gasteiger partial charge in [0, 0.05) is 30.4 Å². The molecule has 1 fully saturated rings. The molecule has 1 heterocycles. The van der Waals surface area contributed by atoms with Gasteiger partial charge in [-0.05, 0) is 49.6 Å². The fourth-order valence-corrected chi connectivity index (χ4v) is 5.32. The van der Waals surface area contributed by atoms with Crippen molar-refractivity contribution in [2.45, 2.75) is 36.5 Å². The molecule has 1 saturated carbocycles. The molecule has 7 nitrogen and oxygen atoms in total. The molecule has 0 atom stereocenters. The summed E-state index contributed by atoms with van der Waals surface area (Å²) < 4.78 is 37.0. The zero-order valence-corrected chi connectivity index (χ0v) is 18.3. The Balaban J connectivity index is 1.66. The third-order valence-corrected chi connectivity index (χ3v) is 7.08. The molecule has 2 aromatic rings. The zero-order valence-electron chi connectivity index (χ0n) is 16.7. The minimum absolute atomic E-state index is 0.0432. The van der Waals surface area contributed by atoms with Gasteiger partial charge in [0.25, 0.3) is 0 Å². The van der Waals surface area contributed by atoms with Crippen LogP contribution < -0.4 is 15.4 Å². The Kier molecular flexibility index (Phi) is 5.65. The molecular formula is C21H23ClN2O5S. The van der Waals surface area contributed by atoms with Crippen LogP contribution in [0.5, 0.6) is 11.5 Å². The van der Waals surface area contributed by atoms with Crippen molar-refractivity contribution in [3.05, 3.63) is 46.0 Å². The lowest BCUT2D eigenvalue weighted by Crippen LogP contribution is -2.23. The van der Waals surface area contributed by atoms with Crippen LogP contribution in [0.2, 0.25) is 5.02 Å². The first-order chi connectivity index (χ1) is 14.3. The van der Waals surface area contributed by atoms with E-state index in [0.717, 1.165) is 12.2 Å². The second-order valence-corrected chi connectivity index (χ2v) is 9.94. The number of anilines is 1. The molecule has 2 N–H and O–H groups in total. The average molecular weight is 451 g/mol. The number of rotatable bonds is 6. The normalized spacial score (nSPS) is 16.6. The zero-order chi connectivity index (χ0) is 21.5. The van der Waals surface area contributed by atoms with E-state index < -0.39 is 15.8 Å². The van der Waals surface area contributed by atoms with Gasteiger partial charge in [0.2, 0.25) is 0 Å². The maximum absolute atomic E-state index is 13.1. The molecule has 0 saturated heterocycles. The van der Waals surface area contributed by atoms with Gasteiger partial charge in [0.05, 0.1) is 23.4 Å². The van der Waals surface area contributed by atoms with Crippen molar-refractivity contribution < 1.29 is 22.7 Å². The van der Waals surface area contributed by atoms with E-state index in [-0.39, 0.29) is 22.0 Å². The summed E-state index contributed by atoms with van der Waals surface area (Å²) in [6, 6.07) is 6.94. The van der Waals surface area contributed by atoms with Crippen molar-refractivity contribution in [3.8, 4) is 11.5 Å². The van der Waals surface area contributed by atoms with Crippen molar-refractivity contribution >= 4 is 33.1 Å². The third kappa shape index (κ3) is 4.26. The van der Waals surface area contributed by atoms with Gasteiger partial charge in [-0.25, -0.2) is 13.2 Å². The van der Waals surface area contributed by atoms with Gasteiger partial charge in [0.1, 0.15) is 16.4 Å². The summed E-state index contributed by atoms with van der Waals surface area (Å²) in [5.74, 6) is -0.399. The SMILES string of the molecule is COC(=O)c1cc(C)c2c(c1)S(=O)(=O)Cc1cc(NCCNC3CC3)cc(Cl)c1O2. The molecule has 30 heavy (non-hydrogen) atoms. The maximum Gasteiger partial charge on any atom is 0.337 e. The molecule has 2 aliphatic rings. The summed E-state index contributed by atoms with van der Waals surface area (Å²) in [5, 5.41) is 7.01. The highest BCUT2D eigenvalue weighted by atomic mass is 35.5. The number of carbonyl (C=O) groups excluding carboxylic acids is 1. The van der Waals surface area contributed by atoms with Crippen molar-refractivity contribution in [1.82, 2.24) is 5.32 Å². The highest BCUT2D eigenvalue weighted by Gasteiger charge is 2.31.